The number of benzene rings is 1. The quantitative estimate of drug-likeness (QED) is 0.595. The van der Waals surface area contributed by atoms with Crippen molar-refractivity contribution in [2.45, 2.75) is 19.1 Å². The van der Waals surface area contributed by atoms with E-state index in [0.717, 1.165) is 5.39 Å². The fourth-order valence-electron chi connectivity index (χ4n) is 2.19. The van der Waals surface area contributed by atoms with Gasteiger partial charge >= 0.3 is 5.97 Å². The van der Waals surface area contributed by atoms with E-state index in [1.54, 1.807) is 38.2 Å². The predicted molar refractivity (Wildman–Crippen MR) is 79.1 cm³/mol. The Balaban J connectivity index is 2.27. The molecule has 21 heavy (non-hydrogen) atoms. The molecule has 1 heterocycles. The van der Waals surface area contributed by atoms with Crippen LogP contribution in [0.5, 0.6) is 0 Å². The molecular weight excluding hydrogens is 272 g/mol. The first-order chi connectivity index (χ1) is 10.1. The number of esters is 1. The molecule has 0 saturated heterocycles. The number of nitrogens with one attached hydrogen (secondary N) is 2. The first kappa shape index (κ1) is 15.5. The minimum atomic E-state index is -0.990. The summed E-state index contributed by atoms with van der Waals surface area (Å²) in [5.74, 6) is -0.411. The van der Waals surface area contributed by atoms with Gasteiger partial charge in [-0.2, -0.15) is 0 Å². The average Bonchev–Trinajstić information content (AvgIpc) is 2.90. The molecule has 6 heteroatoms. The topological polar surface area (TPSA) is 94.6 Å². The lowest BCUT2D eigenvalue weighted by atomic mass is 10.0. The van der Waals surface area contributed by atoms with Gasteiger partial charge in [0, 0.05) is 17.4 Å². The van der Waals surface area contributed by atoms with Crippen LogP contribution in [0.3, 0.4) is 0 Å². The van der Waals surface area contributed by atoms with Crippen molar-refractivity contribution in [3.05, 3.63) is 35.5 Å². The number of aromatic nitrogens is 1. The van der Waals surface area contributed by atoms with Gasteiger partial charge in [-0.15, -0.1) is 0 Å². The Morgan fingerprint density at radius 2 is 2.14 bits per heavy atom. The normalized spacial score (nSPS) is 14.1. The second kappa shape index (κ2) is 6.71. The number of aromatic amines is 1. The summed E-state index contributed by atoms with van der Waals surface area (Å²) in [6, 6.07) is 6.95. The number of hydrogen-bond acceptors (Lipinski definition) is 5. The minimum Gasteiger partial charge on any atom is -0.461 e. The van der Waals surface area contributed by atoms with E-state index < -0.39 is 18.2 Å². The number of fused-ring (bicyclic) bond motifs is 1. The van der Waals surface area contributed by atoms with E-state index in [4.69, 9.17) is 4.74 Å². The molecule has 2 aromatic rings. The molecule has 0 aliphatic rings. The van der Waals surface area contributed by atoms with Crippen molar-refractivity contribution >= 4 is 16.9 Å². The van der Waals surface area contributed by atoms with Gasteiger partial charge < -0.3 is 25.3 Å². The molecule has 4 N–H and O–H groups in total. The number of likely N-dealkylation sites (N-methyl/N-ethyl adjacent to an activating group) is 1. The molecule has 6 nitrogen and oxygen atoms in total. The zero-order valence-corrected chi connectivity index (χ0v) is 12.1. The molecule has 2 rings (SSSR count). The zero-order valence-electron chi connectivity index (χ0n) is 12.1. The van der Waals surface area contributed by atoms with Crippen LogP contribution in [0.15, 0.2) is 24.3 Å². The van der Waals surface area contributed by atoms with Gasteiger partial charge in [0.1, 0.15) is 11.8 Å². The van der Waals surface area contributed by atoms with Crippen molar-refractivity contribution in [1.82, 2.24) is 10.3 Å². The smallest absolute Gasteiger partial charge is 0.354 e. The van der Waals surface area contributed by atoms with Crippen LogP contribution in [0.25, 0.3) is 10.9 Å². The third-order valence-electron chi connectivity index (χ3n) is 3.26. The molecule has 2 atom stereocenters. The lowest BCUT2D eigenvalue weighted by molar-refractivity contribution is 0.0203. The Kier molecular flexibility index (Phi) is 4.95. The summed E-state index contributed by atoms with van der Waals surface area (Å²) >= 11 is 0. The molecular formula is C15H20N2O4. The van der Waals surface area contributed by atoms with Crippen molar-refractivity contribution in [3.63, 3.8) is 0 Å². The summed E-state index contributed by atoms with van der Waals surface area (Å²) in [4.78, 5) is 14.6. The molecule has 0 aliphatic heterocycles. The van der Waals surface area contributed by atoms with Crippen molar-refractivity contribution in [2.24, 2.45) is 0 Å². The monoisotopic (exact) mass is 292 g/mol. The van der Waals surface area contributed by atoms with Crippen LogP contribution in [-0.4, -0.2) is 47.5 Å². The van der Waals surface area contributed by atoms with Crippen LogP contribution in [0.1, 0.15) is 29.1 Å². The van der Waals surface area contributed by atoms with Gasteiger partial charge in [-0.25, -0.2) is 4.79 Å². The molecule has 0 spiro atoms. The van der Waals surface area contributed by atoms with Crippen LogP contribution >= 0.6 is 0 Å². The van der Waals surface area contributed by atoms with Crippen molar-refractivity contribution in [3.8, 4) is 0 Å². The summed E-state index contributed by atoms with van der Waals surface area (Å²) in [6.45, 7) is 2.35. The van der Waals surface area contributed by atoms with Crippen molar-refractivity contribution in [2.75, 3.05) is 20.2 Å². The first-order valence-corrected chi connectivity index (χ1v) is 6.87. The molecule has 0 radical (unpaired) electrons. The van der Waals surface area contributed by atoms with E-state index in [9.17, 15) is 15.0 Å². The summed E-state index contributed by atoms with van der Waals surface area (Å²) < 4.78 is 4.94. The van der Waals surface area contributed by atoms with Crippen molar-refractivity contribution in [1.29, 1.82) is 0 Å². The Morgan fingerprint density at radius 3 is 2.81 bits per heavy atom. The van der Waals surface area contributed by atoms with Gasteiger partial charge in [-0.1, -0.05) is 12.1 Å². The predicted octanol–water partition coefficient (Wildman–Crippen LogP) is 0.958. The Bertz CT molecular complexity index is 623. The van der Waals surface area contributed by atoms with Gasteiger partial charge in [0.15, 0.2) is 0 Å². The molecule has 0 fully saturated rings. The largest absolute Gasteiger partial charge is 0.461 e. The van der Waals surface area contributed by atoms with Crippen LogP contribution in [0, 0.1) is 0 Å². The highest BCUT2D eigenvalue weighted by molar-refractivity contribution is 5.94. The third-order valence-corrected chi connectivity index (χ3v) is 3.26. The zero-order chi connectivity index (χ0) is 15.4. The molecule has 1 aromatic heterocycles. The lowest BCUT2D eigenvalue weighted by Gasteiger charge is -2.17. The lowest BCUT2D eigenvalue weighted by Crippen LogP contribution is -2.29. The molecule has 2 unspecified atom stereocenters. The second-order valence-electron chi connectivity index (χ2n) is 4.82. The SMILES string of the molecule is CCOC(=O)c1cc2ccc(C(O)C(O)CNC)cc2[nH]1. The maximum atomic E-state index is 11.7. The van der Waals surface area contributed by atoms with Gasteiger partial charge in [0.05, 0.1) is 12.7 Å². The molecule has 114 valence electrons. The molecule has 1 aromatic carbocycles. The van der Waals surface area contributed by atoms with Gasteiger partial charge in [-0.05, 0) is 31.7 Å². The van der Waals surface area contributed by atoms with E-state index in [2.05, 4.69) is 10.3 Å². The highest BCUT2D eigenvalue weighted by Gasteiger charge is 2.18. The number of rotatable bonds is 6. The van der Waals surface area contributed by atoms with Crippen LogP contribution in [0.4, 0.5) is 0 Å². The van der Waals surface area contributed by atoms with Crippen LogP contribution in [0.2, 0.25) is 0 Å². The van der Waals surface area contributed by atoms with E-state index in [1.165, 1.54) is 0 Å². The fourth-order valence-corrected chi connectivity index (χ4v) is 2.19. The fraction of sp³-hybridized carbons (Fsp3) is 0.400. The number of aliphatic hydroxyl groups is 2. The number of ether oxygens (including phenoxy) is 1. The molecule has 0 aliphatic carbocycles. The summed E-state index contributed by atoms with van der Waals surface area (Å²) in [6.07, 6.45) is -1.89. The number of carbonyl (C=O) groups excluding carboxylic acids is 1. The third kappa shape index (κ3) is 3.41. The second-order valence-corrected chi connectivity index (χ2v) is 4.82. The maximum absolute atomic E-state index is 11.7. The number of aliphatic hydroxyl groups excluding tert-OH is 2. The highest BCUT2D eigenvalue weighted by Crippen LogP contribution is 2.23. The van der Waals surface area contributed by atoms with E-state index >= 15 is 0 Å². The summed E-state index contributed by atoms with van der Waals surface area (Å²) in [5, 5.41) is 23.5. The number of hydrogen-bond donors (Lipinski definition) is 4. The van der Waals surface area contributed by atoms with Gasteiger partial charge in [0.25, 0.3) is 0 Å². The van der Waals surface area contributed by atoms with Crippen molar-refractivity contribution < 1.29 is 19.7 Å². The maximum Gasteiger partial charge on any atom is 0.354 e. The van der Waals surface area contributed by atoms with Gasteiger partial charge in [0.2, 0.25) is 0 Å². The van der Waals surface area contributed by atoms with Crippen LogP contribution in [-0.2, 0) is 4.74 Å². The molecule has 0 amide bonds. The summed E-state index contributed by atoms with van der Waals surface area (Å²) in [5.41, 5.74) is 1.67. The minimum absolute atomic E-state index is 0.290. The highest BCUT2D eigenvalue weighted by atomic mass is 16.5. The van der Waals surface area contributed by atoms with E-state index in [-0.39, 0.29) is 6.54 Å². The van der Waals surface area contributed by atoms with Crippen LogP contribution < -0.4 is 5.32 Å². The van der Waals surface area contributed by atoms with E-state index in [0.29, 0.717) is 23.4 Å². The molecule has 0 saturated carbocycles. The molecule has 0 bridgehead atoms. The first-order valence-electron chi connectivity index (χ1n) is 6.87. The number of carbonyl (C=O) groups is 1. The Labute approximate surface area is 122 Å². The Morgan fingerprint density at radius 1 is 1.38 bits per heavy atom. The van der Waals surface area contributed by atoms with Gasteiger partial charge in [-0.3, -0.25) is 0 Å². The summed E-state index contributed by atoms with van der Waals surface area (Å²) in [7, 11) is 1.70. The Hall–Kier alpha value is -1.89. The van der Waals surface area contributed by atoms with E-state index in [1.807, 2.05) is 0 Å². The average molecular weight is 292 g/mol. The standard InChI is InChI=1S/C15H20N2O4/c1-3-21-15(20)12-6-9-4-5-10(7-11(9)17-12)14(19)13(18)8-16-2/h4-7,13-14,16-19H,3,8H2,1-2H3. The number of H-pyrrole nitrogens is 1.